The van der Waals surface area contributed by atoms with Crippen LogP contribution in [0.15, 0.2) is 59.5 Å². The third-order valence-corrected chi connectivity index (χ3v) is 7.38. The van der Waals surface area contributed by atoms with Crippen molar-refractivity contribution in [1.29, 1.82) is 0 Å². The van der Waals surface area contributed by atoms with Crippen molar-refractivity contribution < 1.29 is 17.9 Å². The van der Waals surface area contributed by atoms with E-state index in [1.54, 1.807) is 43.5 Å². The Morgan fingerprint density at radius 2 is 1.66 bits per heavy atom. The fraction of sp³-hybridized carbons (Fsp3) is 0.435. The topological polar surface area (TPSA) is 63.7 Å². The fourth-order valence-electron chi connectivity index (χ4n) is 3.88. The minimum atomic E-state index is -3.74. The lowest BCUT2D eigenvalue weighted by Crippen LogP contribution is -2.32. The van der Waals surface area contributed by atoms with E-state index in [1.165, 1.54) is 10.7 Å². The normalized spacial score (nSPS) is 15.1. The number of methoxy groups -OCH3 is 1. The maximum atomic E-state index is 13.3. The highest BCUT2D eigenvalue weighted by Gasteiger charge is 2.26. The molecule has 0 unspecified atom stereocenters. The standard InChI is InChI=1S/C23H29NO4S/c1-28-21-14-16-22(17-15-21)29(26,27)24(20-11-6-3-7-12-20)18-8-13-23(25)19-9-4-2-5-10-19/h3,6-7,11-12,14-17,19H,2,4-5,8-10,13,18H2,1H3. The maximum Gasteiger partial charge on any atom is 0.264 e. The van der Waals surface area contributed by atoms with E-state index < -0.39 is 10.0 Å². The first-order valence-electron chi connectivity index (χ1n) is 10.3. The van der Waals surface area contributed by atoms with Crippen LogP contribution in [0.3, 0.4) is 0 Å². The Labute approximate surface area is 173 Å². The molecule has 6 heteroatoms. The van der Waals surface area contributed by atoms with E-state index in [1.807, 2.05) is 18.2 Å². The second-order valence-electron chi connectivity index (χ2n) is 7.49. The van der Waals surface area contributed by atoms with Crippen LogP contribution < -0.4 is 9.04 Å². The number of ether oxygens (including phenoxy) is 1. The molecule has 3 rings (SSSR count). The van der Waals surface area contributed by atoms with E-state index in [2.05, 4.69) is 0 Å². The van der Waals surface area contributed by atoms with Crippen molar-refractivity contribution in [2.24, 2.45) is 5.92 Å². The molecule has 0 N–H and O–H groups in total. The summed E-state index contributed by atoms with van der Waals surface area (Å²) < 4.78 is 33.2. The summed E-state index contributed by atoms with van der Waals surface area (Å²) in [7, 11) is -2.19. The molecular weight excluding hydrogens is 386 g/mol. The predicted octanol–water partition coefficient (Wildman–Crippen LogP) is 4.82. The first-order chi connectivity index (χ1) is 14.0. The van der Waals surface area contributed by atoms with Gasteiger partial charge in [0.1, 0.15) is 11.5 Å². The zero-order valence-corrected chi connectivity index (χ0v) is 17.7. The van der Waals surface area contributed by atoms with Crippen molar-refractivity contribution in [2.75, 3.05) is 18.0 Å². The number of benzene rings is 2. The molecule has 0 atom stereocenters. The molecule has 0 heterocycles. The molecule has 2 aromatic carbocycles. The summed E-state index contributed by atoms with van der Waals surface area (Å²) in [5.74, 6) is 1.04. The number of nitrogens with zero attached hydrogens (tertiary/aromatic N) is 1. The number of rotatable bonds is 9. The van der Waals surface area contributed by atoms with Gasteiger partial charge < -0.3 is 4.74 Å². The Morgan fingerprint density at radius 1 is 1.00 bits per heavy atom. The molecule has 0 amide bonds. The Balaban J connectivity index is 1.75. The van der Waals surface area contributed by atoms with E-state index in [-0.39, 0.29) is 23.1 Å². The number of sulfonamides is 1. The third-order valence-electron chi connectivity index (χ3n) is 5.54. The highest BCUT2D eigenvalue weighted by atomic mass is 32.2. The molecular formula is C23H29NO4S. The van der Waals surface area contributed by atoms with Gasteiger partial charge in [-0.1, -0.05) is 37.5 Å². The van der Waals surface area contributed by atoms with E-state index in [4.69, 9.17) is 4.74 Å². The van der Waals surface area contributed by atoms with Crippen LogP contribution in [0.5, 0.6) is 5.75 Å². The lowest BCUT2D eigenvalue weighted by molar-refractivity contribution is -0.123. The van der Waals surface area contributed by atoms with E-state index in [9.17, 15) is 13.2 Å². The second-order valence-corrected chi connectivity index (χ2v) is 9.36. The molecule has 0 bridgehead atoms. The molecule has 1 saturated carbocycles. The summed E-state index contributed by atoms with van der Waals surface area (Å²) in [6, 6.07) is 15.4. The summed E-state index contributed by atoms with van der Waals surface area (Å²) in [5, 5.41) is 0. The van der Waals surface area contributed by atoms with E-state index >= 15 is 0 Å². The Kier molecular flexibility index (Phi) is 7.31. The van der Waals surface area contributed by atoms with Gasteiger partial charge in [0.2, 0.25) is 0 Å². The molecule has 0 saturated heterocycles. The highest BCUT2D eigenvalue weighted by Crippen LogP contribution is 2.28. The minimum absolute atomic E-state index is 0.159. The van der Waals surface area contributed by atoms with Crippen LogP contribution in [0.4, 0.5) is 5.69 Å². The molecule has 2 aromatic rings. The fourth-order valence-corrected chi connectivity index (χ4v) is 5.39. The first-order valence-corrected chi connectivity index (χ1v) is 11.7. The van der Waals surface area contributed by atoms with E-state index in [0.29, 0.717) is 24.3 Å². The largest absolute Gasteiger partial charge is 0.497 e. The van der Waals surface area contributed by atoms with Crippen molar-refractivity contribution in [3.63, 3.8) is 0 Å². The summed E-state index contributed by atoms with van der Waals surface area (Å²) in [6.45, 7) is 0.275. The van der Waals surface area contributed by atoms with Gasteiger partial charge in [0.25, 0.3) is 10.0 Å². The summed E-state index contributed by atoms with van der Waals surface area (Å²) in [4.78, 5) is 12.7. The lowest BCUT2D eigenvalue weighted by Gasteiger charge is -2.25. The summed E-state index contributed by atoms with van der Waals surface area (Å²) in [6.07, 6.45) is 6.35. The van der Waals surface area contributed by atoms with Gasteiger partial charge >= 0.3 is 0 Å². The molecule has 1 fully saturated rings. The average molecular weight is 416 g/mol. The number of carbonyl (C=O) groups excluding carboxylic acids is 1. The Morgan fingerprint density at radius 3 is 2.28 bits per heavy atom. The molecule has 1 aliphatic carbocycles. The van der Waals surface area contributed by atoms with Crippen molar-refractivity contribution in [3.05, 3.63) is 54.6 Å². The van der Waals surface area contributed by atoms with Crippen LogP contribution in [0.2, 0.25) is 0 Å². The molecule has 0 aliphatic heterocycles. The number of anilines is 1. The van der Waals surface area contributed by atoms with Crippen molar-refractivity contribution >= 4 is 21.5 Å². The molecule has 0 spiro atoms. The third kappa shape index (κ3) is 5.38. The van der Waals surface area contributed by atoms with Crippen LogP contribution in [0.1, 0.15) is 44.9 Å². The Hall–Kier alpha value is -2.34. The number of carbonyl (C=O) groups is 1. The second kappa shape index (κ2) is 9.92. The number of Topliss-reactive ketones (excluding diaryl/α,β-unsaturated/α-hetero) is 1. The molecule has 0 aromatic heterocycles. The van der Waals surface area contributed by atoms with Crippen LogP contribution in [-0.4, -0.2) is 27.9 Å². The van der Waals surface area contributed by atoms with Gasteiger partial charge in [-0.05, 0) is 55.7 Å². The zero-order chi connectivity index (χ0) is 20.7. The van der Waals surface area contributed by atoms with Crippen LogP contribution in [0.25, 0.3) is 0 Å². The van der Waals surface area contributed by atoms with E-state index in [0.717, 1.165) is 25.7 Å². The van der Waals surface area contributed by atoms with Crippen molar-refractivity contribution in [2.45, 2.75) is 49.8 Å². The van der Waals surface area contributed by atoms with Gasteiger partial charge in [-0.3, -0.25) is 9.10 Å². The average Bonchev–Trinajstić information content (AvgIpc) is 2.77. The number of hydrogen-bond donors (Lipinski definition) is 0. The smallest absolute Gasteiger partial charge is 0.264 e. The van der Waals surface area contributed by atoms with Gasteiger partial charge in [0.15, 0.2) is 0 Å². The van der Waals surface area contributed by atoms with Gasteiger partial charge in [0.05, 0.1) is 17.7 Å². The molecule has 29 heavy (non-hydrogen) atoms. The molecule has 5 nitrogen and oxygen atoms in total. The maximum absolute atomic E-state index is 13.3. The Bertz CT molecular complexity index is 888. The molecule has 1 aliphatic rings. The summed E-state index contributed by atoms with van der Waals surface area (Å²) in [5.41, 5.74) is 0.605. The van der Waals surface area contributed by atoms with Crippen LogP contribution in [0, 0.1) is 5.92 Å². The van der Waals surface area contributed by atoms with Gasteiger partial charge in [-0.25, -0.2) is 8.42 Å². The molecule has 0 radical (unpaired) electrons. The number of ketones is 1. The van der Waals surface area contributed by atoms with Gasteiger partial charge in [-0.15, -0.1) is 0 Å². The number of para-hydroxylation sites is 1. The van der Waals surface area contributed by atoms with Crippen molar-refractivity contribution in [1.82, 2.24) is 0 Å². The van der Waals surface area contributed by atoms with Crippen molar-refractivity contribution in [3.8, 4) is 5.75 Å². The van der Waals surface area contributed by atoms with Gasteiger partial charge in [0, 0.05) is 18.9 Å². The predicted molar refractivity (Wildman–Crippen MR) is 115 cm³/mol. The van der Waals surface area contributed by atoms with Crippen LogP contribution in [-0.2, 0) is 14.8 Å². The quantitative estimate of drug-likeness (QED) is 0.589. The lowest BCUT2D eigenvalue weighted by atomic mass is 9.85. The monoisotopic (exact) mass is 415 g/mol. The minimum Gasteiger partial charge on any atom is -0.497 e. The van der Waals surface area contributed by atoms with Crippen LogP contribution >= 0.6 is 0 Å². The molecule has 156 valence electrons. The summed E-state index contributed by atoms with van der Waals surface area (Å²) >= 11 is 0. The first kappa shape index (κ1) is 21.4. The SMILES string of the molecule is COc1ccc(S(=O)(=O)N(CCCC(=O)C2CCCCC2)c2ccccc2)cc1. The van der Waals surface area contributed by atoms with Gasteiger partial charge in [-0.2, -0.15) is 0 Å². The zero-order valence-electron chi connectivity index (χ0n) is 16.9. The highest BCUT2D eigenvalue weighted by molar-refractivity contribution is 7.92. The number of hydrogen-bond acceptors (Lipinski definition) is 4.